The molecule has 3 rings (SSSR count). The molecule has 2 aliphatic heterocycles. The first-order chi connectivity index (χ1) is 19.3. The third kappa shape index (κ3) is 9.03. The molecule has 14 nitrogen and oxygen atoms in total. The molecule has 1 aromatic carbocycles. The molecule has 2 saturated heterocycles. The molecule has 2 aliphatic rings. The zero-order valence-electron chi connectivity index (χ0n) is 22.1. The zero-order valence-corrected chi connectivity index (χ0v) is 22.1. The van der Waals surface area contributed by atoms with Crippen LogP contribution in [0, 0.1) is 0 Å². The van der Waals surface area contributed by atoms with Crippen LogP contribution in [0.3, 0.4) is 0 Å². The molecule has 2 heterocycles. The van der Waals surface area contributed by atoms with Crippen LogP contribution in [0.4, 0.5) is 4.79 Å². The summed E-state index contributed by atoms with van der Waals surface area (Å²) < 4.78 is 27.1. The van der Waals surface area contributed by atoms with Crippen LogP contribution in [0.1, 0.15) is 31.2 Å². The molecular weight excluding hydrogens is 534 g/mol. The number of aliphatic hydroxyl groups excluding tert-OH is 7. The van der Waals surface area contributed by atoms with Gasteiger partial charge in [0.25, 0.3) is 0 Å². The number of nitrogens with one attached hydrogen (secondary N) is 1. The fourth-order valence-corrected chi connectivity index (χ4v) is 4.44. The molecule has 10 unspecified atom stereocenters. The average Bonchev–Trinajstić information content (AvgIpc) is 2.97. The minimum absolute atomic E-state index is 0.192. The Hall–Kier alpha value is -1.95. The van der Waals surface area contributed by atoms with Crippen molar-refractivity contribution in [2.45, 2.75) is 93.7 Å². The van der Waals surface area contributed by atoms with E-state index >= 15 is 0 Å². The number of carbonyl (C=O) groups excluding carboxylic acids is 1. The maximum absolute atomic E-state index is 11.8. The molecule has 1 amide bonds. The fraction of sp³-hybridized carbons (Fsp3) is 0.731. The van der Waals surface area contributed by atoms with Gasteiger partial charge in [0.1, 0.15) is 55.4 Å². The highest BCUT2D eigenvalue weighted by Gasteiger charge is 2.50. The van der Waals surface area contributed by atoms with E-state index in [-0.39, 0.29) is 13.2 Å². The lowest BCUT2D eigenvalue weighted by Gasteiger charge is -2.45. The predicted molar refractivity (Wildman–Crippen MR) is 135 cm³/mol. The maximum atomic E-state index is 11.8. The van der Waals surface area contributed by atoms with Gasteiger partial charge in [0, 0.05) is 13.2 Å². The van der Waals surface area contributed by atoms with E-state index in [0.29, 0.717) is 13.0 Å². The first-order valence-corrected chi connectivity index (χ1v) is 13.4. The number of hydrogen-bond donors (Lipinski definition) is 8. The summed E-state index contributed by atoms with van der Waals surface area (Å²) >= 11 is 0. The molecule has 14 heteroatoms. The molecule has 1 aromatic rings. The van der Waals surface area contributed by atoms with E-state index in [1.54, 1.807) is 0 Å². The lowest BCUT2D eigenvalue weighted by molar-refractivity contribution is -0.359. The molecule has 0 radical (unpaired) electrons. The maximum Gasteiger partial charge on any atom is 0.407 e. The first kappa shape index (κ1) is 32.6. The third-order valence-corrected chi connectivity index (χ3v) is 6.80. The summed E-state index contributed by atoms with van der Waals surface area (Å²) in [5.74, 6) is 0. The van der Waals surface area contributed by atoms with Crippen LogP contribution in [0.25, 0.3) is 0 Å². The number of alkyl carbamates (subject to hydrolysis) is 1. The predicted octanol–water partition coefficient (Wildman–Crippen LogP) is -1.89. The Morgan fingerprint density at radius 2 is 1.43 bits per heavy atom. The minimum atomic E-state index is -1.73. The van der Waals surface area contributed by atoms with Gasteiger partial charge < -0.3 is 64.7 Å². The molecule has 228 valence electrons. The van der Waals surface area contributed by atoms with Crippen molar-refractivity contribution in [3.8, 4) is 0 Å². The van der Waals surface area contributed by atoms with Gasteiger partial charge in [-0.15, -0.1) is 0 Å². The van der Waals surface area contributed by atoms with Gasteiger partial charge in [0.15, 0.2) is 12.6 Å². The standard InChI is InChI=1S/C26H41NO13/c28-12-16-18(30)19(31)21(33)25(38-16)40-23-17(13-29)39-24(22(34)20(23)32)36-11-7-2-1-6-10-27-26(35)37-14-15-8-4-3-5-9-15/h3-5,8-9,16-25,28-34H,1-2,6-7,10-14H2,(H,27,35). The number of benzene rings is 1. The molecule has 40 heavy (non-hydrogen) atoms. The SMILES string of the molecule is O=C(NCCCCCCOC1OC(CO)C(OC2OC(CO)C(O)C(O)C2O)C(O)C1O)OCc1ccccc1. The van der Waals surface area contributed by atoms with E-state index < -0.39 is 80.7 Å². The summed E-state index contributed by atoms with van der Waals surface area (Å²) in [5, 5.41) is 73.0. The third-order valence-electron chi connectivity index (χ3n) is 6.80. The second-order valence-electron chi connectivity index (χ2n) is 9.78. The van der Waals surface area contributed by atoms with Crippen LogP contribution >= 0.6 is 0 Å². The van der Waals surface area contributed by atoms with E-state index in [1.807, 2.05) is 30.3 Å². The zero-order chi connectivity index (χ0) is 29.1. The monoisotopic (exact) mass is 575 g/mol. The van der Waals surface area contributed by atoms with Gasteiger partial charge in [-0.1, -0.05) is 43.2 Å². The topological polar surface area (TPSA) is 217 Å². The van der Waals surface area contributed by atoms with Gasteiger partial charge >= 0.3 is 6.09 Å². The highest BCUT2D eigenvalue weighted by molar-refractivity contribution is 5.67. The molecule has 0 aliphatic carbocycles. The van der Waals surface area contributed by atoms with Crippen molar-refractivity contribution in [1.29, 1.82) is 0 Å². The number of amides is 1. The van der Waals surface area contributed by atoms with Gasteiger partial charge in [0.05, 0.1) is 13.2 Å². The number of aliphatic hydroxyl groups is 7. The van der Waals surface area contributed by atoms with Crippen molar-refractivity contribution < 1.29 is 64.2 Å². The molecule has 0 aromatic heterocycles. The highest BCUT2D eigenvalue weighted by atomic mass is 16.7. The van der Waals surface area contributed by atoms with Crippen molar-refractivity contribution in [1.82, 2.24) is 5.32 Å². The van der Waals surface area contributed by atoms with Crippen LogP contribution in [-0.2, 0) is 30.3 Å². The van der Waals surface area contributed by atoms with Crippen LogP contribution in [0.15, 0.2) is 30.3 Å². The van der Waals surface area contributed by atoms with E-state index in [1.165, 1.54) is 0 Å². The van der Waals surface area contributed by atoms with Crippen LogP contribution in [0.2, 0.25) is 0 Å². The summed E-state index contributed by atoms with van der Waals surface area (Å²) in [4.78, 5) is 11.8. The molecular formula is C26H41NO13. The average molecular weight is 576 g/mol. The first-order valence-electron chi connectivity index (χ1n) is 13.4. The van der Waals surface area contributed by atoms with Crippen molar-refractivity contribution in [3.63, 3.8) is 0 Å². The number of carbonyl (C=O) groups is 1. The minimum Gasteiger partial charge on any atom is -0.445 e. The van der Waals surface area contributed by atoms with Gasteiger partial charge in [-0.3, -0.25) is 0 Å². The van der Waals surface area contributed by atoms with Crippen molar-refractivity contribution in [2.24, 2.45) is 0 Å². The number of unbranched alkanes of at least 4 members (excludes halogenated alkanes) is 3. The Balaban J connectivity index is 1.33. The molecule has 8 N–H and O–H groups in total. The van der Waals surface area contributed by atoms with Crippen molar-refractivity contribution >= 4 is 6.09 Å². The van der Waals surface area contributed by atoms with E-state index in [2.05, 4.69) is 5.32 Å². The number of ether oxygens (including phenoxy) is 5. The second-order valence-corrected chi connectivity index (χ2v) is 9.78. The van der Waals surface area contributed by atoms with E-state index in [9.17, 15) is 40.5 Å². The summed E-state index contributed by atoms with van der Waals surface area (Å²) in [6.07, 6.45) is -12.4. The van der Waals surface area contributed by atoms with Crippen LogP contribution in [0.5, 0.6) is 0 Å². The highest BCUT2D eigenvalue weighted by Crippen LogP contribution is 2.29. The summed E-state index contributed by atoms with van der Waals surface area (Å²) in [6, 6.07) is 9.36. The normalized spacial score (nSPS) is 34.4. The van der Waals surface area contributed by atoms with Crippen LogP contribution < -0.4 is 5.32 Å². The summed E-state index contributed by atoms with van der Waals surface area (Å²) in [5.41, 5.74) is 0.902. The molecule has 0 bridgehead atoms. The Labute approximate surface area is 232 Å². The largest absolute Gasteiger partial charge is 0.445 e. The smallest absolute Gasteiger partial charge is 0.407 e. The quantitative estimate of drug-likeness (QED) is 0.114. The number of rotatable bonds is 14. The fourth-order valence-electron chi connectivity index (χ4n) is 4.44. The van der Waals surface area contributed by atoms with Crippen molar-refractivity contribution in [2.75, 3.05) is 26.4 Å². The Kier molecular flexibility index (Phi) is 13.4. The summed E-state index contributed by atoms with van der Waals surface area (Å²) in [6.45, 7) is -0.455. The Morgan fingerprint density at radius 1 is 0.775 bits per heavy atom. The second kappa shape index (κ2) is 16.5. The molecule has 2 fully saturated rings. The van der Waals surface area contributed by atoms with Crippen LogP contribution in [-0.4, -0.2) is 130 Å². The summed E-state index contributed by atoms with van der Waals surface area (Å²) in [7, 11) is 0. The Morgan fingerprint density at radius 3 is 2.12 bits per heavy atom. The van der Waals surface area contributed by atoms with E-state index in [4.69, 9.17) is 23.7 Å². The van der Waals surface area contributed by atoms with E-state index in [0.717, 1.165) is 24.8 Å². The van der Waals surface area contributed by atoms with Gasteiger partial charge in [0.2, 0.25) is 0 Å². The number of hydrogen-bond acceptors (Lipinski definition) is 13. The molecule has 0 saturated carbocycles. The lowest BCUT2D eigenvalue weighted by Crippen LogP contribution is -2.64. The molecule has 10 atom stereocenters. The van der Waals surface area contributed by atoms with Gasteiger partial charge in [-0.2, -0.15) is 0 Å². The lowest BCUT2D eigenvalue weighted by atomic mass is 9.97. The Bertz CT molecular complexity index is 860. The van der Waals surface area contributed by atoms with Crippen molar-refractivity contribution in [3.05, 3.63) is 35.9 Å². The van der Waals surface area contributed by atoms with Gasteiger partial charge in [-0.25, -0.2) is 4.79 Å². The molecule has 0 spiro atoms. The van der Waals surface area contributed by atoms with Gasteiger partial charge in [-0.05, 0) is 18.4 Å².